The van der Waals surface area contributed by atoms with Crippen molar-refractivity contribution in [2.75, 3.05) is 17.6 Å². The third-order valence-electron chi connectivity index (χ3n) is 2.43. The van der Waals surface area contributed by atoms with Gasteiger partial charge in [-0.25, -0.2) is 13.1 Å². The van der Waals surface area contributed by atoms with Gasteiger partial charge < -0.3 is 9.87 Å². The van der Waals surface area contributed by atoms with Crippen LogP contribution in [0.15, 0.2) is 4.60 Å². The molecule has 0 radical (unpaired) electrons. The van der Waals surface area contributed by atoms with Gasteiger partial charge in [0.25, 0.3) is 0 Å². The van der Waals surface area contributed by atoms with Gasteiger partial charge in [0.1, 0.15) is 0 Å². The van der Waals surface area contributed by atoms with Crippen LogP contribution in [0.2, 0.25) is 0 Å². The Kier molecular flexibility index (Phi) is 5.89. The summed E-state index contributed by atoms with van der Waals surface area (Å²) in [6.45, 7) is 2.55. The van der Waals surface area contributed by atoms with Crippen molar-refractivity contribution in [2.45, 2.75) is 26.3 Å². The molecule has 0 unspecified atom stereocenters. The van der Waals surface area contributed by atoms with Gasteiger partial charge in [-0.2, -0.15) is 5.10 Å². The van der Waals surface area contributed by atoms with E-state index >= 15 is 0 Å². The number of hydrogen-bond acceptors (Lipinski definition) is 7. The molecule has 1 N–H and O–H groups in total. The van der Waals surface area contributed by atoms with Crippen molar-refractivity contribution in [3.05, 3.63) is 14.7 Å². The van der Waals surface area contributed by atoms with Gasteiger partial charge in [0.2, 0.25) is 10.4 Å². The summed E-state index contributed by atoms with van der Waals surface area (Å²) < 4.78 is 32.9. The maximum atomic E-state index is 11.0. The minimum atomic E-state index is -4.23. The molecule has 0 aliphatic rings. The van der Waals surface area contributed by atoms with Crippen molar-refractivity contribution in [1.82, 2.24) is 9.78 Å². The van der Waals surface area contributed by atoms with Gasteiger partial charge in [-0.1, -0.05) is 0 Å². The first-order chi connectivity index (χ1) is 9.26. The molecular formula is C9H14BrN4O5S-. The summed E-state index contributed by atoms with van der Waals surface area (Å²) in [5.41, 5.74) is -0.164. The third-order valence-corrected chi connectivity index (χ3v) is 3.75. The van der Waals surface area contributed by atoms with Gasteiger partial charge in [0.05, 0.1) is 15.0 Å². The summed E-state index contributed by atoms with van der Waals surface area (Å²) in [5, 5.41) is 17.8. The Labute approximate surface area is 124 Å². The summed E-state index contributed by atoms with van der Waals surface area (Å²) in [6.07, 6.45) is 0.563. The predicted molar refractivity (Wildman–Crippen MR) is 74.5 cm³/mol. The second kappa shape index (κ2) is 6.99. The second-order valence-corrected chi connectivity index (χ2v) is 6.24. The van der Waals surface area contributed by atoms with Crippen molar-refractivity contribution in [3.63, 3.8) is 0 Å². The lowest BCUT2D eigenvalue weighted by atomic mass is 10.3. The molecule has 114 valence electrons. The SMILES string of the molecule is CCNc1c([N+](=O)[O-])c(Br)nn1CCCCS(=O)(=O)[O-]. The summed E-state index contributed by atoms with van der Waals surface area (Å²) in [7, 11) is -4.23. The Morgan fingerprint density at radius 1 is 1.45 bits per heavy atom. The number of nitrogens with zero attached hydrogens (tertiary/aromatic N) is 3. The Morgan fingerprint density at radius 2 is 2.10 bits per heavy atom. The highest BCUT2D eigenvalue weighted by Gasteiger charge is 2.25. The average Bonchev–Trinajstić information content (AvgIpc) is 2.60. The maximum absolute atomic E-state index is 11.0. The minimum absolute atomic E-state index is 0.106. The quantitative estimate of drug-likeness (QED) is 0.316. The van der Waals surface area contributed by atoms with Crippen molar-refractivity contribution >= 4 is 37.6 Å². The first-order valence-corrected chi connectivity index (χ1v) is 8.21. The van der Waals surface area contributed by atoms with Crippen LogP contribution in [0.3, 0.4) is 0 Å². The number of unbranched alkanes of at least 4 members (excludes halogenated alkanes) is 1. The molecular weight excluding hydrogens is 356 g/mol. The fraction of sp³-hybridized carbons (Fsp3) is 0.667. The van der Waals surface area contributed by atoms with Gasteiger partial charge in [0, 0.05) is 18.8 Å². The van der Waals surface area contributed by atoms with E-state index in [0.717, 1.165) is 0 Å². The van der Waals surface area contributed by atoms with Gasteiger partial charge in [-0.15, -0.1) is 0 Å². The van der Waals surface area contributed by atoms with Crippen molar-refractivity contribution in [2.24, 2.45) is 0 Å². The number of nitro groups is 1. The number of nitrogens with one attached hydrogen (secondary N) is 1. The number of rotatable bonds is 8. The van der Waals surface area contributed by atoms with Crippen LogP contribution in [-0.4, -0.2) is 40.0 Å². The molecule has 0 amide bonds. The molecule has 20 heavy (non-hydrogen) atoms. The molecule has 0 spiro atoms. The van der Waals surface area contributed by atoms with E-state index in [2.05, 4.69) is 26.3 Å². The summed E-state index contributed by atoms with van der Waals surface area (Å²) in [6, 6.07) is 0. The Morgan fingerprint density at radius 3 is 2.60 bits per heavy atom. The molecule has 0 aliphatic heterocycles. The molecule has 1 aromatic heterocycles. The highest BCUT2D eigenvalue weighted by Crippen LogP contribution is 2.32. The van der Waals surface area contributed by atoms with Crippen LogP contribution in [0.25, 0.3) is 0 Å². The maximum Gasteiger partial charge on any atom is 0.345 e. The molecule has 0 bridgehead atoms. The Bertz CT molecular complexity index is 585. The fourth-order valence-corrected chi connectivity index (χ4v) is 2.71. The van der Waals surface area contributed by atoms with Crippen molar-refractivity contribution in [1.29, 1.82) is 0 Å². The third kappa shape index (κ3) is 4.72. The molecule has 0 fully saturated rings. The van der Waals surface area contributed by atoms with E-state index in [1.807, 2.05) is 0 Å². The Balaban J connectivity index is 2.79. The molecule has 0 saturated heterocycles. The van der Waals surface area contributed by atoms with E-state index in [9.17, 15) is 23.1 Å². The molecule has 1 aromatic rings. The zero-order chi connectivity index (χ0) is 15.3. The zero-order valence-corrected chi connectivity index (χ0v) is 13.1. The lowest BCUT2D eigenvalue weighted by molar-refractivity contribution is -0.384. The minimum Gasteiger partial charge on any atom is -0.748 e. The molecule has 9 nitrogen and oxygen atoms in total. The van der Waals surface area contributed by atoms with Gasteiger partial charge in [-0.05, 0) is 35.7 Å². The van der Waals surface area contributed by atoms with E-state index in [-0.39, 0.29) is 29.1 Å². The number of anilines is 1. The highest BCUT2D eigenvalue weighted by molar-refractivity contribution is 9.10. The van der Waals surface area contributed by atoms with Crippen LogP contribution in [-0.2, 0) is 16.7 Å². The lowest BCUT2D eigenvalue weighted by Crippen LogP contribution is -2.10. The average molecular weight is 370 g/mol. The molecule has 0 saturated carbocycles. The number of aryl methyl sites for hydroxylation is 1. The molecule has 0 aliphatic carbocycles. The van der Waals surface area contributed by atoms with Crippen molar-refractivity contribution < 1.29 is 17.9 Å². The van der Waals surface area contributed by atoms with Crippen LogP contribution in [0.5, 0.6) is 0 Å². The summed E-state index contributed by atoms with van der Waals surface area (Å²) >= 11 is 3.02. The van der Waals surface area contributed by atoms with Crippen LogP contribution < -0.4 is 5.32 Å². The molecule has 1 heterocycles. The van der Waals surface area contributed by atoms with E-state index in [4.69, 9.17) is 0 Å². The van der Waals surface area contributed by atoms with Crippen LogP contribution in [0.1, 0.15) is 19.8 Å². The van der Waals surface area contributed by atoms with Gasteiger partial charge in [-0.3, -0.25) is 10.1 Å². The van der Waals surface area contributed by atoms with Crippen LogP contribution in [0, 0.1) is 10.1 Å². The molecule has 1 rings (SSSR count). The molecule has 0 atom stereocenters. The molecule has 11 heteroatoms. The number of aromatic nitrogens is 2. The van der Waals surface area contributed by atoms with Gasteiger partial charge in [0.15, 0.2) is 0 Å². The standard InChI is InChI=1S/C9H15BrN4O5S/c1-2-11-9-7(14(15)16)8(10)12-13(9)5-3-4-6-20(17,18)19/h11H,2-6H2,1H3,(H,17,18,19)/p-1. The first kappa shape index (κ1) is 16.9. The lowest BCUT2D eigenvalue weighted by Gasteiger charge is -2.08. The van der Waals surface area contributed by atoms with E-state index in [0.29, 0.717) is 13.0 Å². The number of hydrogen-bond donors (Lipinski definition) is 1. The topological polar surface area (TPSA) is 130 Å². The smallest absolute Gasteiger partial charge is 0.345 e. The summed E-state index contributed by atoms with van der Waals surface area (Å²) in [4.78, 5) is 10.4. The fourth-order valence-electron chi connectivity index (χ4n) is 1.63. The largest absolute Gasteiger partial charge is 0.748 e. The number of halogens is 1. The monoisotopic (exact) mass is 369 g/mol. The summed E-state index contributed by atoms with van der Waals surface area (Å²) in [5.74, 6) is -0.192. The zero-order valence-electron chi connectivity index (χ0n) is 10.7. The first-order valence-electron chi connectivity index (χ1n) is 5.84. The van der Waals surface area contributed by atoms with Crippen LogP contribution in [0.4, 0.5) is 11.5 Å². The second-order valence-electron chi connectivity index (χ2n) is 3.97. The van der Waals surface area contributed by atoms with Crippen molar-refractivity contribution in [3.8, 4) is 0 Å². The normalized spacial score (nSPS) is 11.6. The van der Waals surface area contributed by atoms with Gasteiger partial charge >= 0.3 is 5.69 Å². The predicted octanol–water partition coefficient (Wildman–Crippen LogP) is 1.31. The van der Waals surface area contributed by atoms with E-state index in [1.165, 1.54) is 4.68 Å². The van der Waals surface area contributed by atoms with E-state index < -0.39 is 20.8 Å². The Hall–Kier alpha value is -1.20. The molecule has 0 aromatic carbocycles. The van der Waals surface area contributed by atoms with E-state index in [1.54, 1.807) is 6.92 Å². The van der Waals surface area contributed by atoms with Crippen LogP contribution >= 0.6 is 15.9 Å². The highest BCUT2D eigenvalue weighted by atomic mass is 79.9.